The van der Waals surface area contributed by atoms with Crippen molar-refractivity contribution in [1.29, 1.82) is 0 Å². The monoisotopic (exact) mass is 289 g/mol. The van der Waals surface area contributed by atoms with E-state index in [1.807, 2.05) is 38.1 Å². The zero-order chi connectivity index (χ0) is 14.5. The fraction of sp³-hybridized carbons (Fsp3) is 0.375. The maximum atomic E-state index is 11.9. The highest BCUT2D eigenvalue weighted by molar-refractivity contribution is 8.00. The Morgan fingerprint density at radius 1 is 1.35 bits per heavy atom. The van der Waals surface area contributed by atoms with E-state index in [0.717, 1.165) is 22.3 Å². The first-order valence-electron chi connectivity index (χ1n) is 6.85. The van der Waals surface area contributed by atoms with Gasteiger partial charge in [-0.05, 0) is 38.0 Å². The molecule has 0 spiro atoms. The van der Waals surface area contributed by atoms with Crippen LogP contribution in [-0.4, -0.2) is 22.8 Å². The van der Waals surface area contributed by atoms with Crippen LogP contribution in [0.2, 0.25) is 0 Å². The van der Waals surface area contributed by atoms with Gasteiger partial charge >= 0.3 is 5.97 Å². The molecule has 1 aromatic carbocycles. The third-order valence-corrected chi connectivity index (χ3v) is 4.34. The molecule has 4 heteroatoms. The molecule has 0 fully saturated rings. The molecule has 0 unspecified atom stereocenters. The first-order chi connectivity index (χ1) is 9.65. The van der Waals surface area contributed by atoms with Crippen LogP contribution in [0.15, 0.2) is 35.4 Å². The fourth-order valence-electron chi connectivity index (χ4n) is 2.06. The maximum Gasteiger partial charge on any atom is 0.319 e. The number of ether oxygens (including phenoxy) is 1. The second-order valence-corrected chi connectivity index (χ2v) is 5.78. The van der Waals surface area contributed by atoms with Gasteiger partial charge in [-0.2, -0.15) is 0 Å². The van der Waals surface area contributed by atoms with Crippen molar-refractivity contribution in [3.05, 3.63) is 35.9 Å². The topological polar surface area (TPSA) is 39.2 Å². The average Bonchev–Trinajstić information content (AvgIpc) is 2.45. The number of esters is 1. The van der Waals surface area contributed by atoms with Crippen LogP contribution in [0.25, 0.3) is 10.9 Å². The Morgan fingerprint density at radius 2 is 2.10 bits per heavy atom. The van der Waals surface area contributed by atoms with Gasteiger partial charge in [-0.1, -0.05) is 36.9 Å². The Bertz CT molecular complexity index is 612. The Kier molecular flexibility index (Phi) is 5.01. The number of hydrogen-bond acceptors (Lipinski definition) is 4. The molecule has 0 aliphatic carbocycles. The van der Waals surface area contributed by atoms with E-state index in [1.54, 1.807) is 0 Å². The van der Waals surface area contributed by atoms with Gasteiger partial charge in [-0.3, -0.25) is 4.79 Å². The lowest BCUT2D eigenvalue weighted by Gasteiger charge is -2.13. The number of pyridine rings is 1. The number of carbonyl (C=O) groups excluding carboxylic acids is 1. The van der Waals surface area contributed by atoms with Crippen LogP contribution >= 0.6 is 11.8 Å². The first kappa shape index (κ1) is 14.9. The number of hydrogen-bond donors (Lipinski definition) is 0. The smallest absolute Gasteiger partial charge is 0.319 e. The van der Waals surface area contributed by atoms with Crippen molar-refractivity contribution in [2.24, 2.45) is 0 Å². The molecule has 0 aliphatic heterocycles. The summed E-state index contributed by atoms with van der Waals surface area (Å²) in [5.41, 5.74) is 2.14. The molecule has 3 nitrogen and oxygen atoms in total. The van der Waals surface area contributed by atoms with Gasteiger partial charge in [0, 0.05) is 5.39 Å². The summed E-state index contributed by atoms with van der Waals surface area (Å²) in [5, 5.41) is 1.84. The van der Waals surface area contributed by atoms with Gasteiger partial charge in [0.15, 0.2) is 0 Å². The van der Waals surface area contributed by atoms with E-state index in [1.165, 1.54) is 17.3 Å². The first-order valence-corrected chi connectivity index (χ1v) is 7.73. The minimum Gasteiger partial charge on any atom is -0.465 e. The number of fused-ring (bicyclic) bond motifs is 1. The van der Waals surface area contributed by atoms with Crippen LogP contribution in [0.4, 0.5) is 0 Å². The van der Waals surface area contributed by atoms with Gasteiger partial charge in [0.1, 0.15) is 5.25 Å². The Balaban J connectivity index is 2.26. The number of benzene rings is 1. The number of thioether (sulfide) groups is 1. The summed E-state index contributed by atoms with van der Waals surface area (Å²) < 4.78 is 5.10. The van der Waals surface area contributed by atoms with Gasteiger partial charge in [0.05, 0.1) is 17.1 Å². The van der Waals surface area contributed by atoms with Crippen LogP contribution in [0.3, 0.4) is 0 Å². The molecule has 1 atom stereocenters. The number of nitrogens with zero attached hydrogens (tertiary/aromatic N) is 1. The molecule has 0 saturated carbocycles. The lowest BCUT2D eigenvalue weighted by atomic mass is 10.1. The second-order valence-electron chi connectivity index (χ2n) is 4.56. The summed E-state index contributed by atoms with van der Waals surface area (Å²) >= 11 is 1.48. The standard InChI is InChI=1S/C16H19NO2S/c1-4-14(16(18)19-5-2)20-15-10-11(3)12-8-6-7-9-13(12)17-15/h6-10,14H,4-5H2,1-3H3/t14-/m1/s1. The Labute approximate surface area is 123 Å². The summed E-state index contributed by atoms with van der Waals surface area (Å²) in [7, 11) is 0. The molecule has 0 saturated heterocycles. The quantitative estimate of drug-likeness (QED) is 0.616. The molecule has 0 radical (unpaired) electrons. The summed E-state index contributed by atoms with van der Waals surface area (Å²) in [6, 6.07) is 10.1. The molecule has 0 aliphatic rings. The predicted molar refractivity (Wildman–Crippen MR) is 83.0 cm³/mol. The van der Waals surface area contributed by atoms with Gasteiger partial charge in [-0.15, -0.1) is 0 Å². The van der Waals surface area contributed by atoms with Crippen molar-refractivity contribution < 1.29 is 9.53 Å². The molecular weight excluding hydrogens is 270 g/mol. The van der Waals surface area contributed by atoms with Crippen molar-refractivity contribution in [3.8, 4) is 0 Å². The van der Waals surface area contributed by atoms with Crippen molar-refractivity contribution >= 4 is 28.6 Å². The second kappa shape index (κ2) is 6.75. The average molecular weight is 289 g/mol. The molecule has 2 aromatic rings. The highest BCUT2D eigenvalue weighted by Crippen LogP contribution is 2.28. The van der Waals surface area contributed by atoms with Crippen molar-refractivity contribution in [2.75, 3.05) is 6.61 Å². The summed E-state index contributed by atoms with van der Waals surface area (Å²) in [4.78, 5) is 16.5. The molecule has 106 valence electrons. The van der Waals surface area contributed by atoms with E-state index in [0.29, 0.717) is 6.61 Å². The summed E-state index contributed by atoms with van der Waals surface area (Å²) in [6.07, 6.45) is 0.733. The van der Waals surface area contributed by atoms with Crippen molar-refractivity contribution in [1.82, 2.24) is 4.98 Å². The zero-order valence-electron chi connectivity index (χ0n) is 12.1. The molecular formula is C16H19NO2S. The normalized spacial score (nSPS) is 12.3. The molecule has 0 N–H and O–H groups in total. The van der Waals surface area contributed by atoms with Gasteiger partial charge in [-0.25, -0.2) is 4.98 Å². The van der Waals surface area contributed by atoms with E-state index < -0.39 is 0 Å². The number of aromatic nitrogens is 1. The molecule has 20 heavy (non-hydrogen) atoms. The SMILES string of the molecule is CCOC(=O)[C@@H](CC)Sc1cc(C)c2ccccc2n1. The van der Waals surface area contributed by atoms with Crippen molar-refractivity contribution in [2.45, 2.75) is 37.5 Å². The summed E-state index contributed by atoms with van der Waals surface area (Å²) in [6.45, 7) is 6.30. The highest BCUT2D eigenvalue weighted by Gasteiger charge is 2.20. The largest absolute Gasteiger partial charge is 0.465 e. The maximum absolute atomic E-state index is 11.9. The minimum absolute atomic E-state index is 0.160. The third kappa shape index (κ3) is 3.31. The van der Waals surface area contributed by atoms with Gasteiger partial charge in [0.25, 0.3) is 0 Å². The van der Waals surface area contributed by atoms with Crippen LogP contribution in [0.5, 0.6) is 0 Å². The van der Waals surface area contributed by atoms with Crippen LogP contribution < -0.4 is 0 Å². The third-order valence-electron chi connectivity index (χ3n) is 3.08. The van der Waals surface area contributed by atoms with E-state index >= 15 is 0 Å². The number of aryl methyl sites for hydroxylation is 1. The lowest BCUT2D eigenvalue weighted by Crippen LogP contribution is -2.19. The lowest BCUT2D eigenvalue weighted by molar-refractivity contribution is -0.142. The fourth-order valence-corrected chi connectivity index (χ4v) is 3.08. The molecule has 1 aromatic heterocycles. The van der Waals surface area contributed by atoms with Gasteiger partial charge < -0.3 is 4.74 Å². The van der Waals surface area contributed by atoms with Crippen LogP contribution in [-0.2, 0) is 9.53 Å². The molecule has 2 rings (SSSR count). The van der Waals surface area contributed by atoms with E-state index in [4.69, 9.17) is 4.74 Å². The Hall–Kier alpha value is -1.55. The number of rotatable bonds is 5. The van der Waals surface area contributed by atoms with E-state index in [-0.39, 0.29) is 11.2 Å². The Morgan fingerprint density at radius 3 is 2.80 bits per heavy atom. The van der Waals surface area contributed by atoms with Crippen LogP contribution in [0, 0.1) is 6.92 Å². The van der Waals surface area contributed by atoms with Gasteiger partial charge in [0.2, 0.25) is 0 Å². The highest BCUT2D eigenvalue weighted by atomic mass is 32.2. The molecule has 0 amide bonds. The van der Waals surface area contributed by atoms with Crippen LogP contribution in [0.1, 0.15) is 25.8 Å². The minimum atomic E-state index is -0.192. The van der Waals surface area contributed by atoms with E-state index in [2.05, 4.69) is 18.0 Å². The molecule has 1 heterocycles. The summed E-state index contributed by atoms with van der Waals surface area (Å²) in [5.74, 6) is -0.160. The number of para-hydroxylation sites is 1. The number of carbonyl (C=O) groups is 1. The zero-order valence-corrected chi connectivity index (χ0v) is 12.9. The van der Waals surface area contributed by atoms with Crippen molar-refractivity contribution in [3.63, 3.8) is 0 Å². The van der Waals surface area contributed by atoms with E-state index in [9.17, 15) is 4.79 Å². The molecule has 0 bridgehead atoms. The predicted octanol–water partition coefficient (Wildman–Crippen LogP) is 3.98.